The highest BCUT2D eigenvalue weighted by molar-refractivity contribution is 6.30. The Morgan fingerprint density at radius 2 is 1.79 bits per heavy atom. The molecule has 0 aliphatic rings. The van der Waals surface area contributed by atoms with Crippen LogP contribution >= 0.6 is 11.6 Å². The van der Waals surface area contributed by atoms with Gasteiger partial charge in [0.25, 0.3) is 0 Å². The first-order valence-electron chi connectivity index (χ1n) is 7.88. The molecule has 2 aromatic rings. The summed E-state index contributed by atoms with van der Waals surface area (Å²) in [6.07, 6.45) is 0.385. The van der Waals surface area contributed by atoms with E-state index in [1.54, 1.807) is 18.2 Å². The molecule has 4 heteroatoms. The number of carbonyl (C=O) groups is 1. The van der Waals surface area contributed by atoms with Gasteiger partial charge in [-0.3, -0.25) is 4.79 Å². The molecule has 1 unspecified atom stereocenters. The molecule has 0 bridgehead atoms. The molecule has 0 fully saturated rings. The lowest BCUT2D eigenvalue weighted by atomic mass is 9.85. The molecule has 0 radical (unpaired) electrons. The number of methoxy groups -OCH3 is 1. The monoisotopic (exact) mass is 346 g/mol. The lowest BCUT2D eigenvalue weighted by Crippen LogP contribution is -2.16. The minimum atomic E-state index is -0.893. The average Bonchev–Trinajstić information content (AvgIpc) is 2.52. The van der Waals surface area contributed by atoms with Gasteiger partial charge in [0, 0.05) is 10.6 Å². The lowest BCUT2D eigenvalue weighted by Gasteiger charge is -2.20. The Morgan fingerprint density at radius 1 is 1.17 bits per heavy atom. The largest absolute Gasteiger partial charge is 0.496 e. The smallest absolute Gasteiger partial charge is 0.311 e. The number of benzene rings is 2. The minimum Gasteiger partial charge on any atom is -0.496 e. The quantitative estimate of drug-likeness (QED) is 0.823. The Kier molecular flexibility index (Phi) is 5.55. The van der Waals surface area contributed by atoms with E-state index in [4.69, 9.17) is 16.3 Å². The highest BCUT2D eigenvalue weighted by Crippen LogP contribution is 2.32. The van der Waals surface area contributed by atoms with Crippen LogP contribution in [0.5, 0.6) is 5.75 Å². The molecular formula is C20H23ClO3. The van der Waals surface area contributed by atoms with E-state index >= 15 is 0 Å². The third-order valence-electron chi connectivity index (χ3n) is 4.13. The molecule has 1 atom stereocenters. The van der Waals surface area contributed by atoms with Crippen molar-refractivity contribution in [3.8, 4) is 5.75 Å². The summed E-state index contributed by atoms with van der Waals surface area (Å²) in [4.78, 5) is 11.8. The number of hydrogen-bond acceptors (Lipinski definition) is 2. The molecule has 3 nitrogen and oxygen atoms in total. The van der Waals surface area contributed by atoms with Crippen molar-refractivity contribution in [2.45, 2.75) is 38.5 Å². The summed E-state index contributed by atoms with van der Waals surface area (Å²) in [7, 11) is 1.53. The summed E-state index contributed by atoms with van der Waals surface area (Å²) in [6.45, 7) is 6.46. The van der Waals surface area contributed by atoms with Crippen molar-refractivity contribution in [3.63, 3.8) is 0 Å². The number of rotatable bonds is 5. The van der Waals surface area contributed by atoms with Crippen molar-refractivity contribution in [2.24, 2.45) is 0 Å². The van der Waals surface area contributed by atoms with Crippen LogP contribution in [0.25, 0.3) is 0 Å². The van der Waals surface area contributed by atoms with E-state index < -0.39 is 11.9 Å². The second-order valence-electron chi connectivity index (χ2n) is 6.93. The van der Waals surface area contributed by atoms with Crippen molar-refractivity contribution < 1.29 is 14.6 Å². The predicted octanol–water partition coefficient (Wildman–Crippen LogP) is 5.06. The maximum atomic E-state index is 11.8. The molecule has 0 aliphatic carbocycles. The zero-order chi connectivity index (χ0) is 17.9. The van der Waals surface area contributed by atoms with Crippen molar-refractivity contribution >= 4 is 17.6 Å². The second kappa shape index (κ2) is 7.27. The zero-order valence-corrected chi connectivity index (χ0v) is 15.2. The summed E-state index contributed by atoms with van der Waals surface area (Å²) in [5, 5.41) is 10.2. The number of aliphatic carboxylic acids is 1. The van der Waals surface area contributed by atoms with E-state index in [0.717, 1.165) is 5.56 Å². The third-order valence-corrected chi connectivity index (χ3v) is 4.36. The maximum Gasteiger partial charge on any atom is 0.311 e. The van der Waals surface area contributed by atoms with E-state index in [1.165, 1.54) is 12.7 Å². The minimum absolute atomic E-state index is 0.0703. The Labute approximate surface area is 148 Å². The molecule has 0 amide bonds. The highest BCUT2D eigenvalue weighted by atomic mass is 35.5. The number of hydrogen-bond donors (Lipinski definition) is 1. The van der Waals surface area contributed by atoms with Gasteiger partial charge in [-0.1, -0.05) is 56.6 Å². The van der Waals surface area contributed by atoms with Crippen molar-refractivity contribution in [2.75, 3.05) is 7.11 Å². The SMILES string of the molecule is COc1ccc(Cl)cc1C(Cc1ccc(C(C)(C)C)cc1)C(=O)O. The molecule has 0 heterocycles. The van der Waals surface area contributed by atoms with E-state index in [2.05, 4.69) is 32.9 Å². The van der Waals surface area contributed by atoms with Crippen molar-refractivity contribution in [1.29, 1.82) is 0 Å². The van der Waals surface area contributed by atoms with E-state index in [0.29, 0.717) is 22.8 Å². The van der Waals surface area contributed by atoms with Gasteiger partial charge in [0.05, 0.1) is 13.0 Å². The molecule has 0 saturated heterocycles. The van der Waals surface area contributed by atoms with Crippen LogP contribution in [-0.2, 0) is 16.6 Å². The van der Waals surface area contributed by atoms with Gasteiger partial charge < -0.3 is 9.84 Å². The first-order chi connectivity index (χ1) is 11.2. The van der Waals surface area contributed by atoms with Gasteiger partial charge in [0.15, 0.2) is 0 Å². The Morgan fingerprint density at radius 3 is 2.29 bits per heavy atom. The molecule has 1 N–H and O–H groups in total. The zero-order valence-electron chi connectivity index (χ0n) is 14.5. The van der Waals surface area contributed by atoms with Crippen molar-refractivity contribution in [3.05, 3.63) is 64.2 Å². The van der Waals surface area contributed by atoms with Gasteiger partial charge in [-0.05, 0) is 41.2 Å². The first-order valence-corrected chi connectivity index (χ1v) is 8.26. The molecular weight excluding hydrogens is 324 g/mol. The van der Waals surface area contributed by atoms with Gasteiger partial charge in [-0.2, -0.15) is 0 Å². The first kappa shape index (κ1) is 18.3. The van der Waals surface area contributed by atoms with Crippen LogP contribution in [0.2, 0.25) is 5.02 Å². The molecule has 0 aliphatic heterocycles. The number of carboxylic acid groups (broad SMARTS) is 1. The summed E-state index contributed by atoms with van der Waals surface area (Å²) in [5.41, 5.74) is 2.86. The van der Waals surface area contributed by atoms with Gasteiger partial charge in [0.1, 0.15) is 5.75 Å². The fourth-order valence-corrected chi connectivity index (χ4v) is 2.86. The fourth-order valence-electron chi connectivity index (χ4n) is 2.68. The number of ether oxygens (including phenoxy) is 1. The molecule has 0 aromatic heterocycles. The van der Waals surface area contributed by atoms with Gasteiger partial charge in [-0.25, -0.2) is 0 Å². The van der Waals surface area contributed by atoms with Crippen LogP contribution in [0.4, 0.5) is 0 Å². The van der Waals surface area contributed by atoms with Gasteiger partial charge in [-0.15, -0.1) is 0 Å². The molecule has 0 saturated carbocycles. The third kappa shape index (κ3) is 4.30. The van der Waals surface area contributed by atoms with Crippen LogP contribution in [-0.4, -0.2) is 18.2 Å². The lowest BCUT2D eigenvalue weighted by molar-refractivity contribution is -0.138. The van der Waals surface area contributed by atoms with Gasteiger partial charge in [0.2, 0.25) is 0 Å². The normalized spacial score (nSPS) is 12.7. The molecule has 128 valence electrons. The summed E-state index contributed by atoms with van der Waals surface area (Å²) < 4.78 is 5.31. The van der Waals surface area contributed by atoms with Crippen LogP contribution in [0.1, 0.15) is 43.4 Å². The molecule has 2 aromatic carbocycles. The van der Waals surface area contributed by atoms with Gasteiger partial charge >= 0.3 is 5.97 Å². The summed E-state index contributed by atoms with van der Waals surface area (Å²) in [6, 6.07) is 13.2. The fraction of sp³-hybridized carbons (Fsp3) is 0.350. The van der Waals surface area contributed by atoms with Crippen LogP contribution < -0.4 is 4.74 Å². The summed E-state index contributed by atoms with van der Waals surface area (Å²) in [5.74, 6) is -1.06. The molecule has 2 rings (SSSR count). The number of halogens is 1. The average molecular weight is 347 g/mol. The topological polar surface area (TPSA) is 46.5 Å². The number of carboxylic acids is 1. The van der Waals surface area contributed by atoms with Crippen LogP contribution in [0, 0.1) is 0 Å². The Bertz CT molecular complexity index is 715. The second-order valence-corrected chi connectivity index (χ2v) is 7.36. The van der Waals surface area contributed by atoms with Crippen LogP contribution in [0.15, 0.2) is 42.5 Å². The van der Waals surface area contributed by atoms with Crippen LogP contribution in [0.3, 0.4) is 0 Å². The standard InChI is InChI=1S/C20H23ClO3/c1-20(2,3)14-7-5-13(6-8-14)11-17(19(22)23)16-12-15(21)9-10-18(16)24-4/h5-10,12,17H,11H2,1-4H3,(H,22,23). The molecule has 0 spiro atoms. The van der Waals surface area contributed by atoms with E-state index in [9.17, 15) is 9.90 Å². The molecule has 24 heavy (non-hydrogen) atoms. The Balaban J connectivity index is 2.33. The van der Waals surface area contributed by atoms with Crippen molar-refractivity contribution in [1.82, 2.24) is 0 Å². The predicted molar refractivity (Wildman–Crippen MR) is 97.2 cm³/mol. The van der Waals surface area contributed by atoms with E-state index in [-0.39, 0.29) is 5.41 Å². The highest BCUT2D eigenvalue weighted by Gasteiger charge is 2.24. The summed E-state index contributed by atoms with van der Waals surface area (Å²) >= 11 is 6.05. The van der Waals surface area contributed by atoms with E-state index in [1.807, 2.05) is 12.1 Å². The maximum absolute atomic E-state index is 11.8. The Hall–Kier alpha value is -2.00.